The number of halogens is 3. The molecule has 0 saturated carbocycles. The first kappa shape index (κ1) is 15.3. The number of hydrogen-bond acceptors (Lipinski definition) is 4. The van der Waals surface area contributed by atoms with Crippen molar-refractivity contribution in [1.82, 2.24) is 14.9 Å². The van der Waals surface area contributed by atoms with Crippen molar-refractivity contribution in [3.05, 3.63) is 42.2 Å². The lowest BCUT2D eigenvalue weighted by Gasteiger charge is -2.09. The zero-order valence-corrected chi connectivity index (χ0v) is 11.2. The number of rotatable bonds is 5. The largest absolute Gasteiger partial charge is 0.573 e. The quantitative estimate of drug-likeness (QED) is 0.879. The van der Waals surface area contributed by atoms with Crippen molar-refractivity contribution in [2.75, 3.05) is 0 Å². The summed E-state index contributed by atoms with van der Waals surface area (Å²) in [6, 6.07) is 4.88. The molecule has 0 bridgehead atoms. The van der Waals surface area contributed by atoms with Crippen LogP contribution in [0.2, 0.25) is 0 Å². The van der Waals surface area contributed by atoms with Gasteiger partial charge in [-0.25, -0.2) is 13.1 Å². The number of nitrogens with zero attached hydrogens (tertiary/aromatic N) is 1. The first-order valence-corrected chi connectivity index (χ1v) is 7.08. The summed E-state index contributed by atoms with van der Waals surface area (Å²) >= 11 is 0. The fraction of sp³-hybridized carbons (Fsp3) is 0.182. The van der Waals surface area contributed by atoms with E-state index in [1.807, 2.05) is 0 Å². The first-order valence-electron chi connectivity index (χ1n) is 5.59. The second-order valence-corrected chi connectivity index (χ2v) is 5.72. The molecule has 1 aromatic carbocycles. The van der Waals surface area contributed by atoms with Gasteiger partial charge in [0.15, 0.2) is 0 Å². The molecular weight excluding hydrogens is 311 g/mol. The molecule has 21 heavy (non-hydrogen) atoms. The van der Waals surface area contributed by atoms with E-state index in [1.165, 1.54) is 18.3 Å². The van der Waals surface area contributed by atoms with Gasteiger partial charge in [-0.15, -0.1) is 13.2 Å². The summed E-state index contributed by atoms with van der Waals surface area (Å²) in [5.41, 5.74) is 0.483. The average Bonchev–Trinajstić information content (AvgIpc) is 2.91. The summed E-state index contributed by atoms with van der Waals surface area (Å²) in [6.07, 6.45) is -2.41. The van der Waals surface area contributed by atoms with E-state index in [1.54, 1.807) is 0 Å². The van der Waals surface area contributed by atoms with Crippen LogP contribution in [0.1, 0.15) is 5.56 Å². The van der Waals surface area contributed by atoms with Crippen LogP contribution in [0.25, 0.3) is 0 Å². The Hall–Kier alpha value is -2.07. The number of H-pyrrole nitrogens is 1. The molecule has 2 aromatic rings. The Balaban J connectivity index is 1.98. The maximum absolute atomic E-state index is 12.0. The highest BCUT2D eigenvalue weighted by molar-refractivity contribution is 7.89. The van der Waals surface area contributed by atoms with Gasteiger partial charge in [0.25, 0.3) is 0 Å². The molecule has 0 saturated heterocycles. The van der Waals surface area contributed by atoms with E-state index in [0.717, 1.165) is 18.3 Å². The van der Waals surface area contributed by atoms with E-state index < -0.39 is 16.4 Å². The summed E-state index contributed by atoms with van der Waals surface area (Å²) in [5, 5.41) is 5.89. The highest BCUT2D eigenvalue weighted by Crippen LogP contribution is 2.22. The van der Waals surface area contributed by atoms with Crippen molar-refractivity contribution in [3.63, 3.8) is 0 Å². The van der Waals surface area contributed by atoms with Crippen molar-refractivity contribution >= 4 is 10.0 Å². The van der Waals surface area contributed by atoms with Crippen LogP contribution in [-0.2, 0) is 16.6 Å². The Bertz CT molecular complexity index is 682. The average molecular weight is 321 g/mol. The molecule has 0 unspecified atom stereocenters. The second kappa shape index (κ2) is 5.74. The van der Waals surface area contributed by atoms with Crippen LogP contribution in [-0.4, -0.2) is 25.0 Å². The maximum Gasteiger partial charge on any atom is 0.573 e. The summed E-state index contributed by atoms with van der Waals surface area (Å²) in [6.45, 7) is -0.0696. The summed E-state index contributed by atoms with van der Waals surface area (Å²) < 4.78 is 65.5. The van der Waals surface area contributed by atoms with Crippen molar-refractivity contribution < 1.29 is 26.3 Å². The molecule has 114 valence electrons. The molecular formula is C11H10F3N3O3S. The molecule has 0 radical (unpaired) electrons. The molecule has 1 aromatic heterocycles. The lowest BCUT2D eigenvalue weighted by molar-refractivity contribution is -0.274. The zero-order chi connectivity index (χ0) is 15.5. The number of hydrogen-bond donors (Lipinski definition) is 2. The number of sulfonamides is 1. The van der Waals surface area contributed by atoms with Gasteiger partial charge >= 0.3 is 6.36 Å². The number of ether oxygens (including phenoxy) is 1. The van der Waals surface area contributed by atoms with E-state index >= 15 is 0 Å². The normalized spacial score (nSPS) is 12.3. The van der Waals surface area contributed by atoms with Gasteiger partial charge in [-0.2, -0.15) is 5.10 Å². The summed E-state index contributed by atoms with van der Waals surface area (Å²) in [7, 11) is -3.71. The molecule has 0 amide bonds. The molecule has 1 heterocycles. The number of alkyl halides is 3. The highest BCUT2D eigenvalue weighted by Gasteiger charge is 2.30. The van der Waals surface area contributed by atoms with Crippen molar-refractivity contribution in [1.29, 1.82) is 0 Å². The molecule has 2 rings (SSSR count). The second-order valence-electron chi connectivity index (χ2n) is 3.95. The Morgan fingerprint density at radius 1 is 1.24 bits per heavy atom. The minimum atomic E-state index is -4.76. The number of aromatic amines is 1. The molecule has 10 heteroatoms. The summed E-state index contributed by atoms with van der Waals surface area (Å²) in [4.78, 5) is -0.0282. The van der Waals surface area contributed by atoms with Crippen LogP contribution in [0.15, 0.2) is 41.6 Å². The third-order valence-corrected chi connectivity index (χ3v) is 3.77. The van der Waals surface area contributed by atoms with E-state index in [2.05, 4.69) is 19.7 Å². The van der Waals surface area contributed by atoms with E-state index in [4.69, 9.17) is 0 Å². The van der Waals surface area contributed by atoms with Gasteiger partial charge in [0.2, 0.25) is 10.0 Å². The molecule has 6 nitrogen and oxygen atoms in total. The van der Waals surface area contributed by atoms with Gasteiger partial charge in [0, 0.05) is 12.7 Å². The zero-order valence-electron chi connectivity index (χ0n) is 10.4. The molecule has 0 spiro atoms. The number of aromatic nitrogens is 2. The van der Waals surface area contributed by atoms with Gasteiger partial charge in [-0.3, -0.25) is 5.10 Å². The Labute approximate surface area is 118 Å². The predicted molar refractivity (Wildman–Crippen MR) is 65.7 cm³/mol. The monoisotopic (exact) mass is 321 g/mol. The molecule has 0 atom stereocenters. The minimum absolute atomic E-state index is 0.0282. The minimum Gasteiger partial charge on any atom is -0.406 e. The Morgan fingerprint density at radius 3 is 2.43 bits per heavy atom. The van der Waals surface area contributed by atoms with Gasteiger partial charge in [-0.05, 0) is 17.7 Å². The van der Waals surface area contributed by atoms with Gasteiger partial charge < -0.3 is 4.74 Å². The van der Waals surface area contributed by atoms with Crippen LogP contribution < -0.4 is 9.46 Å². The van der Waals surface area contributed by atoms with Gasteiger partial charge in [-0.1, -0.05) is 12.1 Å². The Kier molecular flexibility index (Phi) is 4.19. The molecule has 0 aliphatic carbocycles. The van der Waals surface area contributed by atoms with E-state index in [-0.39, 0.29) is 17.2 Å². The fourth-order valence-electron chi connectivity index (χ4n) is 1.46. The van der Waals surface area contributed by atoms with Gasteiger partial charge in [0.1, 0.15) is 10.6 Å². The first-order chi connectivity index (χ1) is 9.76. The standard InChI is InChI=1S/C11H10F3N3O3S/c12-11(13,14)20-9-3-1-8(2-4-9)5-17-21(18,19)10-6-15-16-7-10/h1-4,6-7,17H,5H2,(H,15,16). The lowest BCUT2D eigenvalue weighted by Crippen LogP contribution is -2.22. The fourth-order valence-corrected chi connectivity index (χ4v) is 2.38. The molecule has 0 aliphatic heterocycles. The van der Waals surface area contributed by atoms with Gasteiger partial charge in [0.05, 0.1) is 6.20 Å². The topological polar surface area (TPSA) is 84.1 Å². The van der Waals surface area contributed by atoms with Crippen LogP contribution in [0.5, 0.6) is 5.75 Å². The number of benzene rings is 1. The number of nitrogens with one attached hydrogen (secondary N) is 2. The molecule has 0 fully saturated rings. The van der Waals surface area contributed by atoms with Crippen molar-refractivity contribution in [2.24, 2.45) is 0 Å². The third kappa shape index (κ3) is 4.46. The van der Waals surface area contributed by atoms with Crippen LogP contribution in [0.3, 0.4) is 0 Å². The van der Waals surface area contributed by atoms with Crippen molar-refractivity contribution in [2.45, 2.75) is 17.8 Å². The molecule has 0 aliphatic rings. The van der Waals surface area contributed by atoms with Crippen LogP contribution in [0.4, 0.5) is 13.2 Å². The highest BCUT2D eigenvalue weighted by atomic mass is 32.2. The van der Waals surface area contributed by atoms with Crippen LogP contribution in [0, 0.1) is 0 Å². The van der Waals surface area contributed by atoms with E-state index in [9.17, 15) is 21.6 Å². The predicted octanol–water partition coefficient (Wildman–Crippen LogP) is 1.79. The maximum atomic E-state index is 12.0. The summed E-state index contributed by atoms with van der Waals surface area (Å²) in [5.74, 6) is -0.371. The molecule has 2 N–H and O–H groups in total. The third-order valence-electron chi connectivity index (χ3n) is 2.41. The van der Waals surface area contributed by atoms with Crippen LogP contribution >= 0.6 is 0 Å². The van der Waals surface area contributed by atoms with Crippen molar-refractivity contribution in [3.8, 4) is 5.75 Å². The lowest BCUT2D eigenvalue weighted by atomic mass is 10.2. The SMILES string of the molecule is O=S(=O)(NCc1ccc(OC(F)(F)F)cc1)c1cn[nH]c1. The Morgan fingerprint density at radius 2 is 1.90 bits per heavy atom. The smallest absolute Gasteiger partial charge is 0.406 e. The van der Waals surface area contributed by atoms with E-state index in [0.29, 0.717) is 5.56 Å².